The summed E-state index contributed by atoms with van der Waals surface area (Å²) in [4.78, 5) is 12.2. The molecule has 0 fully saturated rings. The van der Waals surface area contributed by atoms with Crippen LogP contribution in [0.4, 0.5) is 0 Å². The third-order valence-corrected chi connectivity index (χ3v) is 9.74. The van der Waals surface area contributed by atoms with Crippen LogP contribution in [-0.4, -0.2) is 34.9 Å². The largest absolute Gasteiger partial charge is 0.394 e. The molecule has 3 N–H and O–H groups in total. The highest BCUT2D eigenvalue weighted by molar-refractivity contribution is 5.76. The predicted molar refractivity (Wildman–Crippen MR) is 252 cm³/mol. The van der Waals surface area contributed by atoms with Crippen LogP contribution in [0.1, 0.15) is 187 Å². The lowest BCUT2D eigenvalue weighted by Gasteiger charge is -2.22. The molecule has 0 aromatic rings. The monoisotopic (exact) mass is 786 g/mol. The third kappa shape index (κ3) is 43.8. The van der Waals surface area contributed by atoms with E-state index in [-0.39, 0.29) is 12.5 Å². The van der Waals surface area contributed by atoms with Crippen LogP contribution in [0.2, 0.25) is 0 Å². The second-order valence-electron chi connectivity index (χ2n) is 15.1. The summed E-state index contributed by atoms with van der Waals surface area (Å²) in [5.74, 6) is -0.0517. The summed E-state index contributed by atoms with van der Waals surface area (Å²) in [6.07, 6.45) is 73.4. The number of amides is 1. The van der Waals surface area contributed by atoms with Gasteiger partial charge in [-0.3, -0.25) is 4.79 Å². The second-order valence-corrected chi connectivity index (χ2v) is 15.1. The maximum absolute atomic E-state index is 12.2. The Balaban J connectivity index is 3.57. The predicted octanol–water partition coefficient (Wildman–Crippen LogP) is 15.0. The normalized spacial score (nSPS) is 14.1. The van der Waals surface area contributed by atoms with Crippen molar-refractivity contribution in [2.24, 2.45) is 0 Å². The van der Waals surface area contributed by atoms with Crippen LogP contribution in [0.15, 0.2) is 122 Å². The smallest absolute Gasteiger partial charge is 0.220 e. The van der Waals surface area contributed by atoms with Crippen molar-refractivity contribution in [2.75, 3.05) is 6.61 Å². The molecule has 0 aromatic carbocycles. The number of aliphatic hydroxyl groups excluding tert-OH is 2. The van der Waals surface area contributed by atoms with E-state index in [0.717, 1.165) is 103 Å². The quantitative estimate of drug-likeness (QED) is 0.0428. The van der Waals surface area contributed by atoms with Gasteiger partial charge in [0.1, 0.15) is 0 Å². The molecule has 0 spiro atoms. The lowest BCUT2D eigenvalue weighted by atomic mass is 10.0. The van der Waals surface area contributed by atoms with Crippen molar-refractivity contribution < 1.29 is 15.0 Å². The van der Waals surface area contributed by atoms with Crippen molar-refractivity contribution in [1.29, 1.82) is 0 Å². The van der Waals surface area contributed by atoms with Gasteiger partial charge in [-0.2, -0.15) is 0 Å². The molecule has 0 aromatic heterocycles. The summed E-state index contributed by atoms with van der Waals surface area (Å²) >= 11 is 0. The molecule has 0 saturated carbocycles. The summed E-state index contributed by atoms with van der Waals surface area (Å²) in [5.41, 5.74) is 0. The fourth-order valence-corrected chi connectivity index (χ4v) is 6.21. The van der Waals surface area contributed by atoms with Gasteiger partial charge in [0.05, 0.1) is 18.8 Å². The third-order valence-electron chi connectivity index (χ3n) is 9.74. The van der Waals surface area contributed by atoms with E-state index in [9.17, 15) is 15.0 Å². The summed E-state index contributed by atoms with van der Waals surface area (Å²) in [6, 6.07) is -0.541. The summed E-state index contributed by atoms with van der Waals surface area (Å²) < 4.78 is 0. The molecule has 0 rings (SSSR count). The number of aliphatic hydroxyl groups is 2. The topological polar surface area (TPSA) is 69.6 Å². The van der Waals surface area contributed by atoms with Gasteiger partial charge in [-0.15, -0.1) is 0 Å². The highest BCUT2D eigenvalue weighted by atomic mass is 16.3. The fourth-order valence-electron chi connectivity index (χ4n) is 6.21. The van der Waals surface area contributed by atoms with Gasteiger partial charge in [-0.05, 0) is 89.9 Å². The SMILES string of the molecule is CC/C=C\C/C=C\C/C=C\C/C=C\C/C=C\C/C=C\C/C=C\C/C=C\C/C=C\C/C=C\CCCCCCCCCCCCC(=O)NC(CO)C(O)CCCCCC. The molecule has 2 unspecified atom stereocenters. The lowest BCUT2D eigenvalue weighted by Crippen LogP contribution is -2.45. The molecule has 2 atom stereocenters. The first-order chi connectivity index (χ1) is 28.2. The van der Waals surface area contributed by atoms with Crippen LogP contribution < -0.4 is 5.32 Å². The molecule has 0 radical (unpaired) electrons. The van der Waals surface area contributed by atoms with Crippen molar-refractivity contribution in [2.45, 2.75) is 199 Å². The van der Waals surface area contributed by atoms with Crippen LogP contribution in [0, 0.1) is 0 Å². The van der Waals surface area contributed by atoms with E-state index in [2.05, 4.69) is 141 Å². The van der Waals surface area contributed by atoms with Crippen molar-refractivity contribution in [3.05, 3.63) is 122 Å². The summed E-state index contributed by atoms with van der Waals surface area (Å²) in [7, 11) is 0. The number of allylic oxidation sites excluding steroid dienone is 20. The first-order valence-electron chi connectivity index (χ1n) is 23.2. The molecule has 0 aliphatic rings. The first-order valence-corrected chi connectivity index (χ1v) is 23.2. The lowest BCUT2D eigenvalue weighted by molar-refractivity contribution is -0.123. The number of unbranched alkanes of at least 4 members (excludes halogenated alkanes) is 13. The van der Waals surface area contributed by atoms with Crippen molar-refractivity contribution in [1.82, 2.24) is 5.32 Å². The summed E-state index contributed by atoms with van der Waals surface area (Å²) in [5, 5.41) is 22.7. The minimum absolute atomic E-state index is 0.0517. The number of hydrogen-bond donors (Lipinski definition) is 3. The molecular weight excluding hydrogens is 699 g/mol. The molecule has 0 aliphatic heterocycles. The second kappa shape index (κ2) is 47.2. The molecule has 0 aliphatic carbocycles. The molecule has 0 bridgehead atoms. The van der Waals surface area contributed by atoms with E-state index in [1.165, 1.54) is 57.8 Å². The fraction of sp³-hybridized carbons (Fsp3) is 0.604. The maximum atomic E-state index is 12.2. The zero-order valence-corrected chi connectivity index (χ0v) is 36.8. The molecule has 0 heterocycles. The van der Waals surface area contributed by atoms with E-state index in [4.69, 9.17) is 0 Å². The van der Waals surface area contributed by atoms with E-state index in [1.807, 2.05) is 0 Å². The molecule has 1 amide bonds. The van der Waals surface area contributed by atoms with E-state index >= 15 is 0 Å². The number of rotatable bonds is 40. The zero-order chi connectivity index (χ0) is 41.4. The maximum Gasteiger partial charge on any atom is 0.220 e. The van der Waals surface area contributed by atoms with E-state index in [1.54, 1.807) is 0 Å². The van der Waals surface area contributed by atoms with Crippen LogP contribution in [0.3, 0.4) is 0 Å². The number of hydrogen-bond acceptors (Lipinski definition) is 3. The molecule has 57 heavy (non-hydrogen) atoms. The van der Waals surface area contributed by atoms with Gasteiger partial charge < -0.3 is 15.5 Å². The van der Waals surface area contributed by atoms with Crippen LogP contribution in [-0.2, 0) is 4.79 Å². The standard InChI is InChI=1S/C53H87NO3/c1-3-5-7-9-10-11-12-13-14-15-16-17-18-19-20-21-22-23-24-25-26-27-28-29-30-31-32-33-34-35-36-37-38-39-40-41-42-43-44-45-47-49-53(57)54-51(50-55)52(56)48-46-8-6-4-2/h5,7,10-11,13-14,16-17,19-20,22-23,25-26,28-29,31-32,34-35,51-52,55-56H,3-4,6,8-9,12,15,18,21,24,27,30,33,36-50H2,1-2H3,(H,54,57)/b7-5-,11-10-,14-13-,17-16-,20-19-,23-22-,26-25-,29-28-,32-31-,35-34-. The zero-order valence-electron chi connectivity index (χ0n) is 36.8. The number of nitrogens with one attached hydrogen (secondary N) is 1. The number of carbonyl (C=O) groups excluding carboxylic acids is 1. The average Bonchev–Trinajstić information content (AvgIpc) is 3.22. The minimum atomic E-state index is -0.663. The van der Waals surface area contributed by atoms with Crippen LogP contribution >= 0.6 is 0 Å². The molecule has 322 valence electrons. The highest BCUT2D eigenvalue weighted by Crippen LogP contribution is 2.13. The van der Waals surface area contributed by atoms with Crippen molar-refractivity contribution in [3.8, 4) is 0 Å². The van der Waals surface area contributed by atoms with Crippen LogP contribution in [0.25, 0.3) is 0 Å². The van der Waals surface area contributed by atoms with E-state index < -0.39 is 12.1 Å². The van der Waals surface area contributed by atoms with Crippen LogP contribution in [0.5, 0.6) is 0 Å². The van der Waals surface area contributed by atoms with Gasteiger partial charge in [0, 0.05) is 6.42 Å². The highest BCUT2D eigenvalue weighted by Gasteiger charge is 2.19. The Bertz CT molecular complexity index is 1160. The Labute approximate surface area is 352 Å². The van der Waals surface area contributed by atoms with Gasteiger partial charge in [-0.1, -0.05) is 212 Å². The Morgan fingerprint density at radius 3 is 1.14 bits per heavy atom. The van der Waals surface area contributed by atoms with E-state index in [0.29, 0.717) is 12.8 Å². The van der Waals surface area contributed by atoms with Crippen molar-refractivity contribution in [3.63, 3.8) is 0 Å². The molecule has 4 heteroatoms. The average molecular weight is 786 g/mol. The molecular formula is C53H87NO3. The first kappa shape index (κ1) is 53.8. The van der Waals surface area contributed by atoms with Gasteiger partial charge in [-0.25, -0.2) is 0 Å². The van der Waals surface area contributed by atoms with Gasteiger partial charge in [0.2, 0.25) is 5.91 Å². The Morgan fingerprint density at radius 1 is 0.439 bits per heavy atom. The number of carbonyl (C=O) groups is 1. The minimum Gasteiger partial charge on any atom is -0.394 e. The molecule has 0 saturated heterocycles. The van der Waals surface area contributed by atoms with Gasteiger partial charge in [0.15, 0.2) is 0 Å². The Kier molecular flexibility index (Phi) is 44.5. The van der Waals surface area contributed by atoms with Gasteiger partial charge in [0.25, 0.3) is 0 Å². The Hall–Kier alpha value is -3.21. The van der Waals surface area contributed by atoms with Crippen molar-refractivity contribution >= 4 is 5.91 Å². The molecule has 4 nitrogen and oxygen atoms in total. The summed E-state index contributed by atoms with van der Waals surface area (Å²) in [6.45, 7) is 4.12. The van der Waals surface area contributed by atoms with Gasteiger partial charge >= 0.3 is 0 Å². The Morgan fingerprint density at radius 2 is 0.772 bits per heavy atom.